The first-order valence-electron chi connectivity index (χ1n) is 10.6. The van der Waals surface area contributed by atoms with Crippen molar-refractivity contribution in [1.82, 2.24) is 25.0 Å². The van der Waals surface area contributed by atoms with Crippen LogP contribution < -0.4 is 9.64 Å². The van der Waals surface area contributed by atoms with Crippen molar-refractivity contribution in [2.24, 2.45) is 0 Å². The van der Waals surface area contributed by atoms with Crippen molar-refractivity contribution < 1.29 is 9.53 Å². The van der Waals surface area contributed by atoms with Crippen molar-refractivity contribution in [3.05, 3.63) is 89.8 Å². The Bertz CT molecular complexity index is 1430. The van der Waals surface area contributed by atoms with Gasteiger partial charge in [-0.3, -0.25) is 4.79 Å². The molecule has 0 bridgehead atoms. The third-order valence-corrected chi connectivity index (χ3v) is 5.80. The van der Waals surface area contributed by atoms with Crippen LogP contribution in [0.3, 0.4) is 0 Å². The second-order valence-corrected chi connectivity index (χ2v) is 8.12. The molecule has 3 aromatic carbocycles. The number of halogens is 1. The van der Waals surface area contributed by atoms with Gasteiger partial charge in [0.25, 0.3) is 0 Å². The lowest BCUT2D eigenvalue weighted by atomic mass is 10.1. The van der Waals surface area contributed by atoms with Crippen molar-refractivity contribution >= 4 is 34.2 Å². The molecule has 5 aromatic rings. The summed E-state index contributed by atoms with van der Waals surface area (Å²) in [6.07, 6.45) is 3.39. The van der Waals surface area contributed by atoms with Crippen LogP contribution in [0.15, 0.2) is 79.3 Å². The maximum atomic E-state index is 13.6. The highest BCUT2D eigenvalue weighted by atomic mass is 35.5. The number of para-hydroxylation sites is 1. The van der Waals surface area contributed by atoms with E-state index in [1.807, 2.05) is 54.6 Å². The first-order valence-corrected chi connectivity index (χ1v) is 11.0. The van der Waals surface area contributed by atoms with Crippen LogP contribution in [0.5, 0.6) is 5.75 Å². The first-order chi connectivity index (χ1) is 16.6. The third kappa shape index (κ3) is 4.35. The number of fused-ring (bicyclic) bond motifs is 1. The second-order valence-electron chi connectivity index (χ2n) is 7.68. The molecule has 2 heterocycles. The number of rotatable bonds is 7. The van der Waals surface area contributed by atoms with Gasteiger partial charge in [0.15, 0.2) is 0 Å². The van der Waals surface area contributed by atoms with Gasteiger partial charge in [0.2, 0.25) is 5.91 Å². The van der Waals surface area contributed by atoms with Crippen LogP contribution >= 0.6 is 11.6 Å². The van der Waals surface area contributed by atoms with E-state index in [2.05, 4.69) is 20.3 Å². The number of nitrogens with one attached hydrogen (secondary N) is 1. The van der Waals surface area contributed by atoms with Gasteiger partial charge in [0.1, 0.15) is 17.8 Å². The summed E-state index contributed by atoms with van der Waals surface area (Å²) in [5.74, 6) is 0.509. The fourth-order valence-electron chi connectivity index (χ4n) is 3.85. The van der Waals surface area contributed by atoms with Crippen molar-refractivity contribution in [2.45, 2.75) is 13.1 Å². The summed E-state index contributed by atoms with van der Waals surface area (Å²) in [7, 11) is 1.60. The average molecular weight is 473 g/mol. The number of ether oxygens (including phenoxy) is 1. The molecule has 9 heteroatoms. The molecule has 2 aromatic heterocycles. The van der Waals surface area contributed by atoms with Crippen LogP contribution in [-0.4, -0.2) is 38.0 Å². The molecule has 0 fully saturated rings. The van der Waals surface area contributed by atoms with Gasteiger partial charge in [-0.15, -0.1) is 5.10 Å². The smallest absolute Gasteiger partial charge is 0.249 e. The Kier molecular flexibility index (Phi) is 5.97. The summed E-state index contributed by atoms with van der Waals surface area (Å²) in [5, 5.41) is 8.91. The monoisotopic (exact) mass is 472 g/mol. The number of amides is 1. The van der Waals surface area contributed by atoms with E-state index < -0.39 is 0 Å². The Labute approximate surface area is 200 Å². The highest BCUT2D eigenvalue weighted by molar-refractivity contribution is 6.30. The van der Waals surface area contributed by atoms with Gasteiger partial charge in [-0.2, -0.15) is 0 Å². The summed E-state index contributed by atoms with van der Waals surface area (Å²) < 4.78 is 7.12. The van der Waals surface area contributed by atoms with Crippen LogP contribution in [0.25, 0.3) is 22.3 Å². The van der Waals surface area contributed by atoms with Crippen LogP contribution in [0.4, 0.5) is 5.69 Å². The lowest BCUT2D eigenvalue weighted by Gasteiger charge is -2.24. The minimum atomic E-state index is -0.146. The van der Waals surface area contributed by atoms with E-state index in [0.29, 0.717) is 10.8 Å². The molecule has 1 amide bonds. The first kappa shape index (κ1) is 21.7. The number of carbonyl (C=O) groups excluding carboxylic acids is 1. The number of carbonyl (C=O) groups is 1. The van der Waals surface area contributed by atoms with Gasteiger partial charge < -0.3 is 14.6 Å². The van der Waals surface area contributed by atoms with E-state index >= 15 is 0 Å². The van der Waals surface area contributed by atoms with Gasteiger partial charge >= 0.3 is 0 Å². The highest BCUT2D eigenvalue weighted by Crippen LogP contribution is 2.28. The zero-order valence-corrected chi connectivity index (χ0v) is 19.1. The lowest BCUT2D eigenvalue weighted by Crippen LogP contribution is -2.34. The van der Waals surface area contributed by atoms with Gasteiger partial charge in [-0.1, -0.05) is 41.1 Å². The van der Waals surface area contributed by atoms with Crippen molar-refractivity contribution in [3.63, 3.8) is 0 Å². The van der Waals surface area contributed by atoms with Gasteiger partial charge in [0, 0.05) is 16.3 Å². The van der Waals surface area contributed by atoms with Crippen molar-refractivity contribution in [3.8, 4) is 17.0 Å². The number of hydrogen-bond acceptors (Lipinski definition) is 5. The van der Waals surface area contributed by atoms with Gasteiger partial charge in [0.05, 0.1) is 37.4 Å². The Morgan fingerprint density at radius 1 is 1.12 bits per heavy atom. The fraction of sp³-hybridized carbons (Fsp3) is 0.120. The normalized spacial score (nSPS) is 11.0. The molecule has 170 valence electrons. The molecule has 1 N–H and O–H groups in total. The maximum Gasteiger partial charge on any atom is 0.249 e. The highest BCUT2D eigenvalue weighted by Gasteiger charge is 2.20. The number of methoxy groups -OCH3 is 1. The minimum Gasteiger partial charge on any atom is -0.496 e. The predicted molar refractivity (Wildman–Crippen MR) is 131 cm³/mol. The summed E-state index contributed by atoms with van der Waals surface area (Å²) in [6, 6.07) is 20.6. The van der Waals surface area contributed by atoms with E-state index in [4.69, 9.17) is 16.3 Å². The number of nitrogens with zero attached hydrogens (tertiary/aromatic N) is 5. The topological polar surface area (TPSA) is 88.9 Å². The number of H-pyrrole nitrogens is 1. The Hall–Kier alpha value is -4.17. The predicted octanol–water partition coefficient (Wildman–Crippen LogP) is 4.72. The molecule has 0 aliphatic carbocycles. The van der Waals surface area contributed by atoms with E-state index in [0.717, 1.165) is 33.5 Å². The summed E-state index contributed by atoms with van der Waals surface area (Å²) >= 11 is 6.25. The van der Waals surface area contributed by atoms with E-state index in [1.54, 1.807) is 41.3 Å². The fourth-order valence-corrected chi connectivity index (χ4v) is 4.04. The molecular formula is C25H21ClN6O2. The van der Waals surface area contributed by atoms with Gasteiger partial charge in [-0.05, 0) is 48.0 Å². The molecule has 0 unspecified atom stereocenters. The maximum absolute atomic E-state index is 13.6. The molecule has 5 rings (SSSR count). The SMILES string of the molecule is COc1ccc(Cl)cc1CN(C(=O)Cn1nnc2ccccc21)c1ccc(-c2cnc[nH]2)cc1. The number of anilines is 1. The lowest BCUT2D eigenvalue weighted by molar-refractivity contribution is -0.119. The number of hydrogen-bond donors (Lipinski definition) is 1. The Morgan fingerprint density at radius 3 is 2.71 bits per heavy atom. The van der Waals surface area contributed by atoms with Crippen molar-refractivity contribution in [2.75, 3.05) is 12.0 Å². The third-order valence-electron chi connectivity index (χ3n) is 5.57. The number of aromatic nitrogens is 5. The van der Waals surface area contributed by atoms with Crippen LogP contribution in [0.2, 0.25) is 5.02 Å². The van der Waals surface area contributed by atoms with Crippen LogP contribution in [0.1, 0.15) is 5.56 Å². The molecule has 0 saturated carbocycles. The van der Waals surface area contributed by atoms with Gasteiger partial charge in [-0.25, -0.2) is 9.67 Å². The molecule has 0 atom stereocenters. The zero-order chi connectivity index (χ0) is 23.5. The van der Waals surface area contributed by atoms with Crippen molar-refractivity contribution in [1.29, 1.82) is 0 Å². The van der Waals surface area contributed by atoms with E-state index in [-0.39, 0.29) is 19.0 Å². The Morgan fingerprint density at radius 2 is 1.94 bits per heavy atom. The molecule has 0 radical (unpaired) electrons. The molecule has 34 heavy (non-hydrogen) atoms. The van der Waals surface area contributed by atoms with E-state index in [1.165, 1.54) is 0 Å². The minimum absolute atomic E-state index is 0.0334. The number of imidazole rings is 1. The summed E-state index contributed by atoms with van der Waals surface area (Å²) in [4.78, 5) is 22.5. The average Bonchev–Trinajstić information content (AvgIpc) is 3.54. The molecule has 0 aliphatic rings. The summed E-state index contributed by atoms with van der Waals surface area (Å²) in [6.45, 7) is 0.310. The second kappa shape index (κ2) is 9.36. The summed E-state index contributed by atoms with van der Waals surface area (Å²) in [5.41, 5.74) is 4.93. The quantitative estimate of drug-likeness (QED) is 0.370. The van der Waals surface area contributed by atoms with E-state index in [9.17, 15) is 4.79 Å². The standard InChI is InChI=1S/C25H21ClN6O2/c1-34-24-11-8-19(26)12-18(24)14-31(20-9-6-17(7-10-20)22-13-27-16-28-22)25(33)15-32-23-5-3-2-4-21(23)29-30-32/h2-13,16H,14-15H2,1H3,(H,27,28). The van der Waals surface area contributed by atoms with Crippen LogP contribution in [0, 0.1) is 0 Å². The van der Waals surface area contributed by atoms with Crippen LogP contribution in [-0.2, 0) is 17.9 Å². The zero-order valence-electron chi connectivity index (χ0n) is 18.4. The molecule has 0 saturated heterocycles. The Balaban J connectivity index is 1.50. The molecule has 0 aliphatic heterocycles. The number of benzene rings is 3. The molecule has 0 spiro atoms. The molecular weight excluding hydrogens is 452 g/mol. The largest absolute Gasteiger partial charge is 0.496 e. The molecule has 8 nitrogen and oxygen atoms in total. The number of aromatic amines is 1.